The van der Waals surface area contributed by atoms with Crippen molar-refractivity contribution in [1.29, 1.82) is 0 Å². The number of urea groups is 1. The lowest BCUT2D eigenvalue weighted by molar-refractivity contribution is -0.120. The molecule has 0 aliphatic carbocycles. The van der Waals surface area contributed by atoms with Gasteiger partial charge >= 0.3 is 6.03 Å². The van der Waals surface area contributed by atoms with Gasteiger partial charge in [-0.2, -0.15) is 0 Å². The number of nitrogens with two attached hydrogens (primary N) is 1. The molecule has 1 aliphatic rings. The van der Waals surface area contributed by atoms with Gasteiger partial charge in [-0.05, 0) is 18.6 Å². The molecule has 7 heteroatoms. The Morgan fingerprint density at radius 1 is 1.53 bits per heavy atom. The number of nitrogens with zero attached hydrogens (tertiary/aromatic N) is 1. The van der Waals surface area contributed by atoms with Gasteiger partial charge in [0.05, 0.1) is 19.4 Å². The summed E-state index contributed by atoms with van der Waals surface area (Å²) in [4.78, 5) is 25.0. The third-order valence-corrected chi connectivity index (χ3v) is 2.93. The normalized spacial score (nSPS) is 19.3. The summed E-state index contributed by atoms with van der Waals surface area (Å²) in [6.07, 6.45) is 2.41. The first-order chi connectivity index (χ1) is 9.13. The van der Waals surface area contributed by atoms with Crippen LogP contribution in [0.25, 0.3) is 0 Å². The van der Waals surface area contributed by atoms with Crippen LogP contribution >= 0.6 is 0 Å². The molecule has 7 nitrogen and oxygen atoms in total. The smallest absolute Gasteiger partial charge is 0.321 e. The first kappa shape index (κ1) is 13.6. The van der Waals surface area contributed by atoms with E-state index >= 15 is 0 Å². The molecule has 1 aromatic heterocycles. The molecule has 1 fully saturated rings. The van der Waals surface area contributed by atoms with Crippen LogP contribution in [0.15, 0.2) is 22.8 Å². The molecule has 0 spiro atoms. The summed E-state index contributed by atoms with van der Waals surface area (Å²) in [5.74, 6) is 0.305. The van der Waals surface area contributed by atoms with E-state index in [0.717, 1.165) is 13.0 Å². The van der Waals surface area contributed by atoms with Crippen molar-refractivity contribution in [2.45, 2.75) is 19.0 Å². The number of furan rings is 1. The predicted molar refractivity (Wildman–Crippen MR) is 68.1 cm³/mol. The quantitative estimate of drug-likeness (QED) is 0.691. The largest absolute Gasteiger partial charge is 0.467 e. The molecule has 1 atom stereocenters. The van der Waals surface area contributed by atoms with Gasteiger partial charge < -0.3 is 15.5 Å². The molecule has 2 rings (SSSR count). The number of imide groups is 1. The zero-order valence-corrected chi connectivity index (χ0v) is 10.6. The summed E-state index contributed by atoms with van der Waals surface area (Å²) >= 11 is 0. The highest BCUT2D eigenvalue weighted by Gasteiger charge is 2.21. The van der Waals surface area contributed by atoms with E-state index in [1.54, 1.807) is 12.1 Å². The molecule has 1 aromatic rings. The zero-order valence-electron chi connectivity index (χ0n) is 10.6. The van der Waals surface area contributed by atoms with Crippen LogP contribution in [0.2, 0.25) is 0 Å². The summed E-state index contributed by atoms with van der Waals surface area (Å²) < 4.78 is 5.06. The van der Waals surface area contributed by atoms with Gasteiger partial charge in [-0.1, -0.05) is 0 Å². The second kappa shape index (κ2) is 6.35. The van der Waals surface area contributed by atoms with E-state index in [1.165, 1.54) is 6.26 Å². The van der Waals surface area contributed by atoms with Crippen molar-refractivity contribution < 1.29 is 14.0 Å². The van der Waals surface area contributed by atoms with E-state index in [-0.39, 0.29) is 25.0 Å². The van der Waals surface area contributed by atoms with Gasteiger partial charge in [0.25, 0.3) is 0 Å². The molecule has 1 saturated heterocycles. The zero-order chi connectivity index (χ0) is 13.7. The number of rotatable bonds is 4. The monoisotopic (exact) mass is 266 g/mol. The molecule has 104 valence electrons. The Hall–Kier alpha value is -1.86. The molecule has 0 unspecified atom stereocenters. The van der Waals surface area contributed by atoms with Crippen LogP contribution in [0.4, 0.5) is 4.79 Å². The summed E-state index contributed by atoms with van der Waals surface area (Å²) in [7, 11) is 0. The van der Waals surface area contributed by atoms with Gasteiger partial charge in [0.1, 0.15) is 5.76 Å². The van der Waals surface area contributed by atoms with Gasteiger partial charge in [0.2, 0.25) is 5.91 Å². The van der Waals surface area contributed by atoms with Crippen LogP contribution in [0, 0.1) is 0 Å². The number of nitrogens with one attached hydrogen (secondary N) is 2. The number of hydrogen-bond donors (Lipinski definition) is 3. The number of carbonyl (C=O) groups is 2. The number of likely N-dealkylation sites (tertiary alicyclic amines) is 1. The van der Waals surface area contributed by atoms with Gasteiger partial charge in [-0.3, -0.25) is 15.0 Å². The standard InChI is InChI=1S/C12H18N4O3/c13-9-3-4-16(7-9)8-11(17)15-12(18)14-6-10-2-1-5-19-10/h1-2,5,9H,3-4,6-8,13H2,(H2,14,15,17,18)/t9-/m1/s1. The summed E-state index contributed by atoms with van der Waals surface area (Å²) in [5, 5.41) is 4.81. The summed E-state index contributed by atoms with van der Waals surface area (Å²) in [6, 6.07) is 3.08. The lowest BCUT2D eigenvalue weighted by atomic mass is 10.3. The Balaban J connectivity index is 1.65. The highest BCUT2D eigenvalue weighted by Crippen LogP contribution is 2.05. The Bertz CT molecular complexity index is 432. The van der Waals surface area contributed by atoms with Crippen LogP contribution in [0.5, 0.6) is 0 Å². The molecule has 0 saturated carbocycles. The van der Waals surface area contributed by atoms with E-state index in [4.69, 9.17) is 10.2 Å². The summed E-state index contributed by atoms with van der Waals surface area (Å²) in [6.45, 7) is 1.94. The SMILES string of the molecule is N[C@@H]1CCN(CC(=O)NC(=O)NCc2ccco2)C1. The van der Waals surface area contributed by atoms with Crippen LogP contribution < -0.4 is 16.4 Å². The molecule has 0 bridgehead atoms. The summed E-state index contributed by atoms with van der Waals surface area (Å²) in [5.41, 5.74) is 5.74. The lowest BCUT2D eigenvalue weighted by Crippen LogP contribution is -2.44. The molecule has 1 aliphatic heterocycles. The second-order valence-electron chi connectivity index (χ2n) is 4.59. The average molecular weight is 266 g/mol. The van der Waals surface area contributed by atoms with E-state index in [0.29, 0.717) is 12.3 Å². The minimum Gasteiger partial charge on any atom is -0.467 e. The first-order valence-electron chi connectivity index (χ1n) is 6.21. The molecule has 19 heavy (non-hydrogen) atoms. The fraction of sp³-hybridized carbons (Fsp3) is 0.500. The maximum Gasteiger partial charge on any atom is 0.321 e. The first-order valence-corrected chi connectivity index (χ1v) is 6.21. The highest BCUT2D eigenvalue weighted by molar-refractivity contribution is 5.95. The van der Waals surface area contributed by atoms with Crippen molar-refractivity contribution >= 4 is 11.9 Å². The Kier molecular flexibility index (Phi) is 4.53. The Morgan fingerprint density at radius 3 is 3.00 bits per heavy atom. The second-order valence-corrected chi connectivity index (χ2v) is 4.59. The molecular weight excluding hydrogens is 248 g/mol. The van der Waals surface area contributed by atoms with Crippen LogP contribution in [0.1, 0.15) is 12.2 Å². The van der Waals surface area contributed by atoms with E-state index in [1.807, 2.05) is 4.90 Å². The van der Waals surface area contributed by atoms with Crippen molar-refractivity contribution in [3.63, 3.8) is 0 Å². The van der Waals surface area contributed by atoms with Crippen LogP contribution in [-0.2, 0) is 11.3 Å². The lowest BCUT2D eigenvalue weighted by Gasteiger charge is -2.14. The predicted octanol–water partition coefficient (Wildman–Crippen LogP) is -0.362. The van der Waals surface area contributed by atoms with Gasteiger partial charge in [-0.15, -0.1) is 0 Å². The van der Waals surface area contributed by atoms with E-state index < -0.39 is 6.03 Å². The average Bonchev–Trinajstić information content (AvgIpc) is 2.98. The third-order valence-electron chi connectivity index (χ3n) is 2.93. The minimum atomic E-state index is -0.523. The van der Waals surface area contributed by atoms with Crippen molar-refractivity contribution in [3.05, 3.63) is 24.2 Å². The molecule has 2 heterocycles. The van der Waals surface area contributed by atoms with Gasteiger partial charge in [0, 0.05) is 19.1 Å². The third kappa shape index (κ3) is 4.38. The van der Waals surface area contributed by atoms with Gasteiger partial charge in [-0.25, -0.2) is 4.79 Å². The molecule has 0 aromatic carbocycles. The van der Waals surface area contributed by atoms with Crippen molar-refractivity contribution in [1.82, 2.24) is 15.5 Å². The molecule has 3 amide bonds. The van der Waals surface area contributed by atoms with Crippen LogP contribution in [0.3, 0.4) is 0 Å². The maximum atomic E-state index is 11.6. The van der Waals surface area contributed by atoms with Gasteiger partial charge in [0.15, 0.2) is 0 Å². The van der Waals surface area contributed by atoms with Crippen molar-refractivity contribution in [2.24, 2.45) is 5.73 Å². The number of carbonyl (C=O) groups excluding carboxylic acids is 2. The number of amides is 3. The minimum absolute atomic E-state index is 0.126. The van der Waals surface area contributed by atoms with Crippen molar-refractivity contribution in [2.75, 3.05) is 19.6 Å². The fourth-order valence-corrected chi connectivity index (χ4v) is 2.00. The Labute approximate surface area is 111 Å². The number of hydrogen-bond acceptors (Lipinski definition) is 5. The fourth-order valence-electron chi connectivity index (χ4n) is 2.00. The van der Waals surface area contributed by atoms with Crippen LogP contribution in [-0.4, -0.2) is 42.5 Å². The topological polar surface area (TPSA) is 101 Å². The van der Waals surface area contributed by atoms with E-state index in [9.17, 15) is 9.59 Å². The molecular formula is C12H18N4O3. The highest BCUT2D eigenvalue weighted by atomic mass is 16.3. The Morgan fingerprint density at radius 2 is 2.37 bits per heavy atom. The van der Waals surface area contributed by atoms with E-state index in [2.05, 4.69) is 10.6 Å². The maximum absolute atomic E-state index is 11.6. The molecule has 4 N–H and O–H groups in total. The van der Waals surface area contributed by atoms with Crippen molar-refractivity contribution in [3.8, 4) is 0 Å². The molecule has 0 radical (unpaired) electrons.